The van der Waals surface area contributed by atoms with Gasteiger partial charge in [-0.15, -0.1) is 0 Å². The molecule has 0 aliphatic heterocycles. The van der Waals surface area contributed by atoms with E-state index in [1.54, 1.807) is 0 Å². The Bertz CT molecular complexity index is 1010. The van der Waals surface area contributed by atoms with Crippen molar-refractivity contribution in [1.82, 2.24) is 0 Å². The van der Waals surface area contributed by atoms with Crippen molar-refractivity contribution in [3.05, 3.63) is 114 Å². The molecule has 0 unspecified atom stereocenters. The highest BCUT2D eigenvalue weighted by Gasteiger charge is 2.24. The summed E-state index contributed by atoms with van der Waals surface area (Å²) in [5.74, 6) is 0. The Labute approximate surface area is 236 Å². The average molecular weight is 514 g/mol. The van der Waals surface area contributed by atoms with Crippen LogP contribution in [0.15, 0.2) is 103 Å². The van der Waals surface area contributed by atoms with Crippen molar-refractivity contribution in [3.63, 3.8) is 0 Å². The van der Waals surface area contributed by atoms with Crippen LogP contribution in [-0.4, -0.2) is 0 Å². The molecule has 0 radical (unpaired) electrons. The smallest absolute Gasteiger partial charge is 0.0503 e. The lowest BCUT2D eigenvalue weighted by atomic mass is 10.0. The van der Waals surface area contributed by atoms with Gasteiger partial charge in [-0.1, -0.05) is 156 Å². The van der Waals surface area contributed by atoms with Crippen molar-refractivity contribution < 1.29 is 0 Å². The van der Waals surface area contributed by atoms with E-state index in [2.05, 4.69) is 108 Å². The lowest BCUT2D eigenvalue weighted by Crippen LogP contribution is -2.11. The topological polar surface area (TPSA) is 3.24 Å². The molecule has 1 nitrogen and oxygen atoms in total. The molecule has 4 aromatic rings. The number of hydrogen-bond acceptors (Lipinski definition) is 1. The van der Waals surface area contributed by atoms with Crippen molar-refractivity contribution in [2.24, 2.45) is 0 Å². The molecule has 1 aliphatic carbocycles. The Morgan fingerprint density at radius 3 is 1.26 bits per heavy atom. The maximum atomic E-state index is 2.37. The highest BCUT2D eigenvalue weighted by Crippen LogP contribution is 2.45. The molecule has 4 aromatic carbocycles. The van der Waals surface area contributed by atoms with Gasteiger partial charge in [0, 0.05) is 17.8 Å². The van der Waals surface area contributed by atoms with Crippen molar-refractivity contribution in [3.8, 4) is 11.1 Å². The minimum Gasteiger partial charge on any atom is -0.310 e. The third kappa shape index (κ3) is 9.86. The zero-order chi connectivity index (χ0) is 29.3. The molecule has 1 heteroatoms. The summed E-state index contributed by atoms with van der Waals surface area (Å²) >= 11 is 0. The first-order valence-corrected chi connectivity index (χ1v) is 15.0. The van der Waals surface area contributed by atoms with Gasteiger partial charge in [-0.3, -0.25) is 0 Å². The largest absolute Gasteiger partial charge is 0.310 e. The monoisotopic (exact) mass is 513 g/mol. The van der Waals surface area contributed by atoms with Crippen molar-refractivity contribution in [2.75, 3.05) is 4.90 Å². The number of hydrogen-bond donors (Lipinski definition) is 0. The summed E-state index contributed by atoms with van der Waals surface area (Å²) in [6.07, 6.45) is 0.984. The van der Waals surface area contributed by atoms with Crippen LogP contribution in [0.2, 0.25) is 0 Å². The van der Waals surface area contributed by atoms with E-state index in [1.807, 2.05) is 83.1 Å². The Morgan fingerprint density at radius 1 is 0.395 bits per heavy atom. The van der Waals surface area contributed by atoms with Crippen LogP contribution >= 0.6 is 0 Å². The normalized spacial score (nSPS) is 8.95. The van der Waals surface area contributed by atoms with Crippen LogP contribution < -0.4 is 4.90 Å². The van der Waals surface area contributed by atoms with Gasteiger partial charge in [-0.2, -0.15) is 0 Å². The summed E-state index contributed by atoms with van der Waals surface area (Å²) in [4.78, 5) is 2.37. The first-order chi connectivity index (χ1) is 18.9. The number of anilines is 3. The van der Waals surface area contributed by atoms with E-state index in [1.165, 1.54) is 39.3 Å². The molecule has 0 fully saturated rings. The predicted molar refractivity (Wildman–Crippen MR) is 177 cm³/mol. The van der Waals surface area contributed by atoms with E-state index in [4.69, 9.17) is 0 Å². The fourth-order valence-electron chi connectivity index (χ4n) is 3.93. The van der Waals surface area contributed by atoms with E-state index in [0.29, 0.717) is 0 Å². The van der Waals surface area contributed by atoms with Gasteiger partial charge in [0.25, 0.3) is 0 Å². The number of para-hydroxylation sites is 2. The Hall–Kier alpha value is -3.32. The molecule has 0 spiro atoms. The molecular weight excluding hydrogens is 458 g/mol. The van der Waals surface area contributed by atoms with Crippen molar-refractivity contribution in [1.29, 1.82) is 0 Å². The molecule has 0 aromatic heterocycles. The van der Waals surface area contributed by atoms with Crippen LogP contribution in [0.5, 0.6) is 0 Å². The molecule has 0 atom stereocenters. The highest BCUT2D eigenvalue weighted by atomic mass is 15.1. The summed E-state index contributed by atoms with van der Waals surface area (Å²) in [7, 11) is 0. The minimum atomic E-state index is 0.984. The predicted octanol–water partition coefficient (Wildman–Crippen LogP) is 12.9. The van der Waals surface area contributed by atoms with Gasteiger partial charge in [-0.25, -0.2) is 0 Å². The number of fused-ring (bicyclic) bond motifs is 3. The van der Waals surface area contributed by atoms with Gasteiger partial charge in [-0.05, 0) is 52.6 Å². The molecule has 1 aliphatic rings. The van der Waals surface area contributed by atoms with Crippen molar-refractivity contribution >= 4 is 17.1 Å². The number of nitrogens with zero attached hydrogens (tertiary/aromatic N) is 1. The van der Waals surface area contributed by atoms with E-state index in [-0.39, 0.29) is 0 Å². The van der Waals surface area contributed by atoms with Gasteiger partial charge < -0.3 is 4.90 Å². The van der Waals surface area contributed by atoms with E-state index < -0.39 is 0 Å². The third-order valence-electron chi connectivity index (χ3n) is 5.10. The maximum Gasteiger partial charge on any atom is 0.0503 e. The first-order valence-electron chi connectivity index (χ1n) is 15.0. The van der Waals surface area contributed by atoms with Gasteiger partial charge in [0.05, 0.1) is 5.69 Å². The van der Waals surface area contributed by atoms with Crippen LogP contribution in [0.1, 0.15) is 94.2 Å². The molecule has 208 valence electrons. The molecule has 0 amide bonds. The Morgan fingerprint density at radius 2 is 0.789 bits per heavy atom. The molecule has 0 saturated carbocycles. The van der Waals surface area contributed by atoms with E-state index in [0.717, 1.165) is 6.42 Å². The molecule has 0 bridgehead atoms. The SMILES string of the molecule is CC.CC.CC.CC.CC.CC.c1ccc(N(c2ccccc2)c2cccc3c2Cc2ccccc2-3)cc1. The number of rotatable bonds is 3. The fourth-order valence-corrected chi connectivity index (χ4v) is 3.93. The zero-order valence-corrected chi connectivity index (χ0v) is 26.5. The van der Waals surface area contributed by atoms with Crippen LogP contribution in [0.25, 0.3) is 11.1 Å². The van der Waals surface area contributed by atoms with Gasteiger partial charge >= 0.3 is 0 Å². The zero-order valence-electron chi connectivity index (χ0n) is 26.5. The first kappa shape index (κ1) is 36.8. The quantitative estimate of drug-likeness (QED) is 0.232. The molecule has 38 heavy (non-hydrogen) atoms. The maximum absolute atomic E-state index is 2.37. The summed E-state index contributed by atoms with van der Waals surface area (Å²) in [6.45, 7) is 24.0. The van der Waals surface area contributed by atoms with Crippen LogP contribution in [-0.2, 0) is 6.42 Å². The summed E-state index contributed by atoms with van der Waals surface area (Å²) in [5, 5.41) is 0. The summed E-state index contributed by atoms with van der Waals surface area (Å²) in [6, 6.07) is 36.7. The van der Waals surface area contributed by atoms with Gasteiger partial charge in [0.2, 0.25) is 0 Å². The lowest BCUT2D eigenvalue weighted by Gasteiger charge is -2.27. The van der Waals surface area contributed by atoms with Gasteiger partial charge in [0.15, 0.2) is 0 Å². The number of benzene rings is 4. The fraction of sp³-hybridized carbons (Fsp3) is 0.351. The average Bonchev–Trinajstić information content (AvgIpc) is 3.44. The molecular formula is C37H55N. The summed E-state index contributed by atoms with van der Waals surface area (Å²) in [5.41, 5.74) is 9.17. The second-order valence-electron chi connectivity index (χ2n) is 6.64. The Kier molecular flexibility index (Phi) is 23.3. The minimum absolute atomic E-state index is 0.984. The molecule has 0 heterocycles. The molecule has 5 rings (SSSR count). The van der Waals surface area contributed by atoms with Crippen LogP contribution in [0, 0.1) is 0 Å². The van der Waals surface area contributed by atoms with Gasteiger partial charge in [0.1, 0.15) is 0 Å². The standard InChI is InChI=1S/C25H19N.6C2H6/c1-3-11-20(12-4-1)26(21-13-5-2-6-14-21)25-17-9-16-23-22-15-8-7-10-19(22)18-24(23)25;6*1-2/h1-17H,18H2;6*1-2H3. The molecule has 0 saturated heterocycles. The molecule has 0 N–H and O–H groups in total. The second kappa shape index (κ2) is 24.0. The van der Waals surface area contributed by atoms with E-state index >= 15 is 0 Å². The second-order valence-corrected chi connectivity index (χ2v) is 6.64. The summed E-state index contributed by atoms with van der Waals surface area (Å²) < 4.78 is 0. The Balaban J connectivity index is 0. The van der Waals surface area contributed by atoms with Crippen LogP contribution in [0.4, 0.5) is 17.1 Å². The third-order valence-corrected chi connectivity index (χ3v) is 5.10. The highest BCUT2D eigenvalue weighted by molar-refractivity contribution is 5.87. The van der Waals surface area contributed by atoms with Crippen LogP contribution in [0.3, 0.4) is 0 Å². The lowest BCUT2D eigenvalue weighted by molar-refractivity contribution is 1.20. The van der Waals surface area contributed by atoms with Crippen molar-refractivity contribution in [2.45, 2.75) is 89.5 Å². The van der Waals surface area contributed by atoms with E-state index in [9.17, 15) is 0 Å².